The maximum atomic E-state index is 13.4. The van der Waals surface area contributed by atoms with E-state index in [4.69, 9.17) is 0 Å². The molecule has 0 aromatic heterocycles. The third kappa shape index (κ3) is 7.80. The van der Waals surface area contributed by atoms with Crippen LogP contribution in [0, 0.1) is 6.92 Å². The number of amides is 1. The molecule has 0 N–H and O–H groups in total. The smallest absolute Gasteiger partial charge is 0.227 e. The van der Waals surface area contributed by atoms with Gasteiger partial charge in [0.15, 0.2) is 0 Å². The first-order valence-corrected chi connectivity index (χ1v) is 15.2. The zero-order chi connectivity index (χ0) is 22.5. The number of benzene rings is 2. The van der Waals surface area contributed by atoms with E-state index in [2.05, 4.69) is 90.3 Å². The van der Waals surface area contributed by atoms with Crippen LogP contribution in [0.2, 0.25) is 25.7 Å². The van der Waals surface area contributed by atoms with E-state index < -0.39 is 8.07 Å². The molecule has 0 atom stereocenters. The van der Waals surface area contributed by atoms with Gasteiger partial charge < -0.3 is 4.90 Å². The molecule has 0 aliphatic rings. The van der Waals surface area contributed by atoms with Gasteiger partial charge in [0.25, 0.3) is 0 Å². The summed E-state index contributed by atoms with van der Waals surface area (Å²) in [5.74, 6) is 0.163. The molecule has 162 valence electrons. The van der Waals surface area contributed by atoms with Gasteiger partial charge in [-0.25, -0.2) is 0 Å². The van der Waals surface area contributed by atoms with Crippen LogP contribution in [0.25, 0.3) is 0 Å². The zero-order valence-electron chi connectivity index (χ0n) is 19.7. The number of carbonyl (C=O) groups excluding carboxylic acids is 1. The van der Waals surface area contributed by atoms with Crippen LogP contribution in [0.3, 0.4) is 0 Å². The van der Waals surface area contributed by atoms with Crippen LogP contribution in [0.4, 0.5) is 0 Å². The Balaban J connectivity index is 2.19. The van der Waals surface area contributed by atoms with Gasteiger partial charge in [-0.1, -0.05) is 79.5 Å². The summed E-state index contributed by atoms with van der Waals surface area (Å²) < 4.78 is 0. The fraction of sp³-hybridized carbons (Fsp3) is 0.423. The van der Waals surface area contributed by atoms with Crippen molar-refractivity contribution in [3.05, 3.63) is 71.8 Å². The van der Waals surface area contributed by atoms with Gasteiger partial charge in [0.2, 0.25) is 5.91 Å². The largest absolute Gasteiger partial charge is 0.334 e. The van der Waals surface area contributed by atoms with Gasteiger partial charge in [-0.15, -0.1) is 0 Å². The highest BCUT2D eigenvalue weighted by atomic mass is 32.2. The molecule has 0 aliphatic carbocycles. The fourth-order valence-electron chi connectivity index (χ4n) is 3.47. The molecule has 2 rings (SSSR count). The first-order valence-electron chi connectivity index (χ1n) is 10.6. The number of carbonyl (C=O) groups is 1. The monoisotopic (exact) mass is 439 g/mol. The van der Waals surface area contributed by atoms with E-state index in [9.17, 15) is 4.79 Å². The predicted octanol–water partition coefficient (Wildman–Crippen LogP) is 7.21. The van der Waals surface area contributed by atoms with Crippen molar-refractivity contribution < 1.29 is 4.79 Å². The Morgan fingerprint density at radius 1 is 1.03 bits per heavy atom. The number of hydrogen-bond acceptors (Lipinski definition) is 2. The Morgan fingerprint density at radius 2 is 1.63 bits per heavy atom. The van der Waals surface area contributed by atoms with Gasteiger partial charge in [-0.05, 0) is 57.5 Å². The maximum absolute atomic E-state index is 13.4. The molecular weight excluding hydrogens is 402 g/mol. The molecule has 0 saturated carbocycles. The summed E-state index contributed by atoms with van der Waals surface area (Å²) in [6.07, 6.45) is 0.409. The van der Waals surface area contributed by atoms with Crippen molar-refractivity contribution in [1.82, 2.24) is 4.90 Å². The molecule has 0 unspecified atom stereocenters. The van der Waals surface area contributed by atoms with Gasteiger partial charge in [0.1, 0.15) is 0 Å². The minimum absolute atomic E-state index is 0.163. The second kappa shape index (κ2) is 10.0. The summed E-state index contributed by atoms with van der Waals surface area (Å²) in [6.45, 7) is 20.4. The highest BCUT2D eigenvalue weighted by molar-refractivity contribution is 7.99. The minimum atomic E-state index is -1.25. The second-order valence-electron chi connectivity index (χ2n) is 10.3. The van der Waals surface area contributed by atoms with Crippen LogP contribution < -0.4 is 0 Å². The average Bonchev–Trinajstić information content (AvgIpc) is 2.61. The van der Waals surface area contributed by atoms with Crippen LogP contribution >= 0.6 is 11.8 Å². The molecule has 0 bridgehead atoms. The summed E-state index contributed by atoms with van der Waals surface area (Å²) in [7, 11) is -1.25. The standard InChI is InChI=1S/C26H37NOSSi/c1-20-13-15-23(16-14-20)29-24-12-10-9-11-22(24)17-25(28)27(26(3,4)5)18-21(2)19-30(6,7)8/h9-16H,2,17-19H2,1,3-8H3. The highest BCUT2D eigenvalue weighted by Gasteiger charge is 2.28. The molecule has 2 aromatic rings. The average molecular weight is 440 g/mol. The first kappa shape index (κ1) is 24.5. The summed E-state index contributed by atoms with van der Waals surface area (Å²) in [5.41, 5.74) is 3.26. The number of hydrogen-bond donors (Lipinski definition) is 0. The first-order chi connectivity index (χ1) is 13.8. The van der Waals surface area contributed by atoms with Crippen molar-refractivity contribution in [2.45, 2.75) is 75.1 Å². The van der Waals surface area contributed by atoms with Crippen molar-refractivity contribution in [3.63, 3.8) is 0 Å². The lowest BCUT2D eigenvalue weighted by Gasteiger charge is -2.37. The SMILES string of the molecule is C=C(CN(C(=O)Cc1ccccc1Sc1ccc(C)cc1)C(C)(C)C)C[Si](C)(C)C. The van der Waals surface area contributed by atoms with Gasteiger partial charge in [-0.2, -0.15) is 0 Å². The summed E-state index contributed by atoms with van der Waals surface area (Å²) in [4.78, 5) is 17.7. The van der Waals surface area contributed by atoms with Crippen LogP contribution in [0.5, 0.6) is 0 Å². The molecule has 2 nitrogen and oxygen atoms in total. The number of aryl methyl sites for hydroxylation is 1. The molecule has 1 amide bonds. The van der Waals surface area contributed by atoms with Crippen molar-refractivity contribution in [2.24, 2.45) is 0 Å². The third-order valence-corrected chi connectivity index (χ3v) is 7.52. The Labute approximate surface area is 188 Å². The van der Waals surface area contributed by atoms with Crippen molar-refractivity contribution >= 4 is 25.7 Å². The molecule has 0 radical (unpaired) electrons. The quantitative estimate of drug-likeness (QED) is 0.320. The lowest BCUT2D eigenvalue weighted by Crippen LogP contribution is -2.47. The van der Waals surface area contributed by atoms with Crippen LogP contribution in [-0.4, -0.2) is 31.0 Å². The molecule has 0 fully saturated rings. The molecule has 30 heavy (non-hydrogen) atoms. The van der Waals surface area contributed by atoms with E-state index in [-0.39, 0.29) is 11.4 Å². The van der Waals surface area contributed by atoms with Gasteiger partial charge >= 0.3 is 0 Å². The van der Waals surface area contributed by atoms with E-state index >= 15 is 0 Å². The van der Waals surface area contributed by atoms with Gasteiger partial charge in [0, 0.05) is 29.9 Å². The Bertz CT molecular complexity index is 875. The van der Waals surface area contributed by atoms with E-state index in [0.29, 0.717) is 13.0 Å². The van der Waals surface area contributed by atoms with Crippen LogP contribution in [0.1, 0.15) is 31.9 Å². The third-order valence-electron chi connectivity index (χ3n) is 4.84. The molecule has 0 saturated heterocycles. The van der Waals surface area contributed by atoms with Crippen LogP contribution in [-0.2, 0) is 11.2 Å². The van der Waals surface area contributed by atoms with E-state index in [1.54, 1.807) is 11.8 Å². The molecular formula is C26H37NOSSi. The second-order valence-corrected chi connectivity index (χ2v) is 16.9. The van der Waals surface area contributed by atoms with Crippen molar-refractivity contribution in [1.29, 1.82) is 0 Å². The topological polar surface area (TPSA) is 20.3 Å². The number of rotatable bonds is 8. The highest BCUT2D eigenvalue weighted by Crippen LogP contribution is 2.31. The zero-order valence-corrected chi connectivity index (χ0v) is 21.5. The van der Waals surface area contributed by atoms with E-state index in [1.807, 2.05) is 17.0 Å². The van der Waals surface area contributed by atoms with E-state index in [1.165, 1.54) is 16.0 Å². The Hall–Kier alpha value is -1.78. The minimum Gasteiger partial charge on any atom is -0.334 e. The predicted molar refractivity (Wildman–Crippen MR) is 134 cm³/mol. The molecule has 2 aromatic carbocycles. The lowest BCUT2D eigenvalue weighted by atomic mass is 10.0. The van der Waals surface area contributed by atoms with Gasteiger partial charge in [-0.3, -0.25) is 4.79 Å². The van der Waals surface area contributed by atoms with Gasteiger partial charge in [0.05, 0.1) is 6.42 Å². The molecule has 0 spiro atoms. The van der Waals surface area contributed by atoms with Crippen molar-refractivity contribution in [3.8, 4) is 0 Å². The molecule has 0 aliphatic heterocycles. The van der Waals surface area contributed by atoms with E-state index in [0.717, 1.165) is 16.5 Å². The normalized spacial score (nSPS) is 12.0. The number of nitrogens with zero attached hydrogens (tertiary/aromatic N) is 1. The summed E-state index contributed by atoms with van der Waals surface area (Å²) in [6, 6.07) is 17.8. The Morgan fingerprint density at radius 3 is 2.20 bits per heavy atom. The Kier molecular flexibility index (Phi) is 8.18. The summed E-state index contributed by atoms with van der Waals surface area (Å²) in [5, 5.41) is 0. The fourth-order valence-corrected chi connectivity index (χ4v) is 6.03. The molecule has 4 heteroatoms. The maximum Gasteiger partial charge on any atom is 0.227 e. The van der Waals surface area contributed by atoms with Crippen LogP contribution in [0.15, 0.2) is 70.5 Å². The molecule has 0 heterocycles. The lowest BCUT2D eigenvalue weighted by molar-refractivity contribution is -0.134. The summed E-state index contributed by atoms with van der Waals surface area (Å²) >= 11 is 1.72. The van der Waals surface area contributed by atoms with Crippen molar-refractivity contribution in [2.75, 3.05) is 6.54 Å².